The highest BCUT2D eigenvalue weighted by atomic mass is 35.5. The van der Waals surface area contributed by atoms with E-state index in [1.165, 1.54) is 12.1 Å². The monoisotopic (exact) mass is 430 g/mol. The minimum absolute atomic E-state index is 0.0819. The third kappa shape index (κ3) is 4.52. The van der Waals surface area contributed by atoms with Gasteiger partial charge in [-0.1, -0.05) is 41.4 Å². The molecule has 0 saturated heterocycles. The molecule has 3 aromatic rings. The van der Waals surface area contributed by atoms with Crippen LogP contribution < -0.4 is 4.74 Å². The van der Waals surface area contributed by atoms with Gasteiger partial charge in [0.15, 0.2) is 0 Å². The molecule has 0 N–H and O–H groups in total. The number of rotatable bonds is 5. The van der Waals surface area contributed by atoms with Crippen LogP contribution >= 0.6 is 23.2 Å². The lowest BCUT2D eigenvalue weighted by Gasteiger charge is -2.28. The van der Waals surface area contributed by atoms with Crippen LogP contribution in [0.2, 0.25) is 10.0 Å². The Morgan fingerprint density at radius 2 is 1.90 bits per heavy atom. The Morgan fingerprint density at radius 1 is 1.03 bits per heavy atom. The Hall–Kier alpha value is -2.63. The molecule has 2 heterocycles. The van der Waals surface area contributed by atoms with Crippen LogP contribution in [-0.4, -0.2) is 22.3 Å². The number of halogens is 3. The molecule has 0 unspecified atom stereocenters. The van der Waals surface area contributed by atoms with Crippen LogP contribution in [0.4, 0.5) is 4.39 Å². The lowest BCUT2D eigenvalue weighted by molar-refractivity contribution is 0.0724. The molecule has 2 aromatic carbocycles. The minimum Gasteiger partial charge on any atom is -0.473 e. The standard InChI is InChI=1S/C22H17Cl2FN2O2/c23-18-6-4-14(11-19(18)24)12-27-9-8-20-17(22(27)28)5-7-21(26-20)29-13-15-2-1-3-16(25)10-15/h1-7,10-11H,8-9,12-13H2. The fourth-order valence-electron chi connectivity index (χ4n) is 3.25. The van der Waals surface area contributed by atoms with Crippen LogP contribution in [-0.2, 0) is 19.6 Å². The summed E-state index contributed by atoms with van der Waals surface area (Å²) in [6.45, 7) is 1.21. The van der Waals surface area contributed by atoms with Crippen molar-refractivity contribution >= 4 is 29.1 Å². The molecule has 4 rings (SSSR count). The topological polar surface area (TPSA) is 42.4 Å². The van der Waals surface area contributed by atoms with Crippen molar-refractivity contribution in [2.75, 3.05) is 6.54 Å². The van der Waals surface area contributed by atoms with Crippen LogP contribution in [0, 0.1) is 5.82 Å². The fourth-order valence-corrected chi connectivity index (χ4v) is 3.57. The van der Waals surface area contributed by atoms with Crippen molar-refractivity contribution in [3.8, 4) is 5.88 Å². The van der Waals surface area contributed by atoms with E-state index in [0.29, 0.717) is 52.3 Å². The first-order chi connectivity index (χ1) is 14.0. The summed E-state index contributed by atoms with van der Waals surface area (Å²) >= 11 is 12.0. The number of pyridine rings is 1. The van der Waals surface area contributed by atoms with Gasteiger partial charge in [0.25, 0.3) is 5.91 Å². The van der Waals surface area contributed by atoms with Gasteiger partial charge in [-0.15, -0.1) is 0 Å². The Morgan fingerprint density at radius 3 is 2.69 bits per heavy atom. The van der Waals surface area contributed by atoms with Crippen LogP contribution in [0.1, 0.15) is 27.2 Å². The second-order valence-corrected chi connectivity index (χ2v) is 7.60. The molecule has 7 heteroatoms. The van der Waals surface area contributed by atoms with E-state index in [-0.39, 0.29) is 18.3 Å². The molecular weight excluding hydrogens is 414 g/mol. The number of carbonyl (C=O) groups is 1. The van der Waals surface area contributed by atoms with Gasteiger partial charge in [0.2, 0.25) is 5.88 Å². The van der Waals surface area contributed by atoms with Gasteiger partial charge in [-0.2, -0.15) is 0 Å². The molecule has 0 spiro atoms. The first kappa shape index (κ1) is 19.7. The van der Waals surface area contributed by atoms with Crippen LogP contribution in [0.15, 0.2) is 54.6 Å². The number of carbonyl (C=O) groups excluding carboxylic acids is 1. The number of ether oxygens (including phenoxy) is 1. The van der Waals surface area contributed by atoms with Gasteiger partial charge in [-0.25, -0.2) is 9.37 Å². The molecule has 1 aliphatic rings. The van der Waals surface area contributed by atoms with Gasteiger partial charge in [0.05, 0.1) is 21.3 Å². The average Bonchev–Trinajstić information content (AvgIpc) is 2.71. The molecule has 0 bridgehead atoms. The highest BCUT2D eigenvalue weighted by Gasteiger charge is 2.26. The van der Waals surface area contributed by atoms with Gasteiger partial charge < -0.3 is 9.64 Å². The third-order valence-corrected chi connectivity index (χ3v) is 5.46. The highest BCUT2D eigenvalue weighted by molar-refractivity contribution is 6.42. The SMILES string of the molecule is O=C1c2ccc(OCc3cccc(F)c3)nc2CCN1Cc1ccc(Cl)c(Cl)c1. The Labute approximate surface area is 177 Å². The normalized spacial score (nSPS) is 13.3. The van der Waals surface area contributed by atoms with E-state index in [9.17, 15) is 9.18 Å². The summed E-state index contributed by atoms with van der Waals surface area (Å²) in [5.41, 5.74) is 2.90. The van der Waals surface area contributed by atoms with E-state index in [1.54, 1.807) is 41.3 Å². The molecule has 0 radical (unpaired) electrons. The molecule has 0 aliphatic carbocycles. The molecule has 0 atom stereocenters. The van der Waals surface area contributed by atoms with Gasteiger partial charge >= 0.3 is 0 Å². The number of nitrogens with zero attached hydrogens (tertiary/aromatic N) is 2. The van der Waals surface area contributed by atoms with Gasteiger partial charge in [0.1, 0.15) is 12.4 Å². The zero-order valence-electron chi connectivity index (χ0n) is 15.4. The van der Waals surface area contributed by atoms with E-state index in [1.807, 2.05) is 6.07 Å². The predicted octanol–water partition coefficient (Wildman–Crippen LogP) is 5.31. The summed E-state index contributed by atoms with van der Waals surface area (Å²) in [5.74, 6) is 0.0254. The molecule has 0 saturated carbocycles. The summed E-state index contributed by atoms with van der Waals surface area (Å²) in [6, 6.07) is 15.0. The second-order valence-electron chi connectivity index (χ2n) is 6.79. The second kappa shape index (κ2) is 8.39. The summed E-state index contributed by atoms with van der Waals surface area (Å²) in [4.78, 5) is 19.1. The van der Waals surface area contributed by atoms with Crippen molar-refractivity contribution in [3.05, 3.63) is 92.8 Å². The smallest absolute Gasteiger partial charge is 0.256 e. The molecule has 1 amide bonds. The first-order valence-corrected chi connectivity index (χ1v) is 9.85. The number of hydrogen-bond donors (Lipinski definition) is 0. The van der Waals surface area contributed by atoms with E-state index in [0.717, 1.165) is 5.56 Å². The molecular formula is C22H17Cl2FN2O2. The van der Waals surface area contributed by atoms with Crippen molar-refractivity contribution in [2.24, 2.45) is 0 Å². The molecule has 29 heavy (non-hydrogen) atoms. The zero-order valence-corrected chi connectivity index (χ0v) is 16.9. The summed E-state index contributed by atoms with van der Waals surface area (Å²) in [5, 5.41) is 0.955. The molecule has 0 fully saturated rings. The lowest BCUT2D eigenvalue weighted by atomic mass is 10.0. The Kier molecular flexibility index (Phi) is 5.69. The molecule has 1 aliphatic heterocycles. The number of amides is 1. The van der Waals surface area contributed by atoms with Crippen LogP contribution in [0.5, 0.6) is 5.88 Å². The van der Waals surface area contributed by atoms with Crippen LogP contribution in [0.3, 0.4) is 0 Å². The van der Waals surface area contributed by atoms with Crippen molar-refractivity contribution in [3.63, 3.8) is 0 Å². The van der Waals surface area contributed by atoms with E-state index in [4.69, 9.17) is 27.9 Å². The van der Waals surface area contributed by atoms with E-state index in [2.05, 4.69) is 4.98 Å². The molecule has 148 valence electrons. The highest BCUT2D eigenvalue weighted by Crippen LogP contribution is 2.26. The van der Waals surface area contributed by atoms with Gasteiger partial charge in [0, 0.05) is 25.6 Å². The van der Waals surface area contributed by atoms with E-state index >= 15 is 0 Å². The fraction of sp³-hybridized carbons (Fsp3) is 0.182. The molecule has 4 nitrogen and oxygen atoms in total. The first-order valence-electron chi connectivity index (χ1n) is 9.10. The third-order valence-electron chi connectivity index (χ3n) is 4.72. The minimum atomic E-state index is -0.308. The zero-order chi connectivity index (χ0) is 20.4. The number of aromatic nitrogens is 1. The van der Waals surface area contributed by atoms with E-state index < -0.39 is 0 Å². The number of hydrogen-bond acceptors (Lipinski definition) is 3. The number of fused-ring (bicyclic) bond motifs is 1. The average molecular weight is 431 g/mol. The maximum absolute atomic E-state index is 13.3. The summed E-state index contributed by atoms with van der Waals surface area (Å²) in [6.07, 6.45) is 0.625. The van der Waals surface area contributed by atoms with Crippen molar-refractivity contribution in [1.29, 1.82) is 0 Å². The van der Waals surface area contributed by atoms with Crippen molar-refractivity contribution in [1.82, 2.24) is 9.88 Å². The molecule has 1 aromatic heterocycles. The quantitative estimate of drug-likeness (QED) is 0.550. The lowest BCUT2D eigenvalue weighted by Crippen LogP contribution is -2.37. The van der Waals surface area contributed by atoms with Crippen molar-refractivity contribution < 1.29 is 13.9 Å². The maximum Gasteiger partial charge on any atom is 0.256 e. The van der Waals surface area contributed by atoms with Crippen LogP contribution in [0.25, 0.3) is 0 Å². The maximum atomic E-state index is 13.3. The number of benzene rings is 2. The van der Waals surface area contributed by atoms with Crippen molar-refractivity contribution in [2.45, 2.75) is 19.6 Å². The Bertz CT molecular complexity index is 1070. The predicted molar refractivity (Wildman–Crippen MR) is 110 cm³/mol. The van der Waals surface area contributed by atoms with Gasteiger partial charge in [-0.3, -0.25) is 4.79 Å². The summed E-state index contributed by atoms with van der Waals surface area (Å²) < 4.78 is 18.9. The van der Waals surface area contributed by atoms with Gasteiger partial charge in [-0.05, 0) is 41.5 Å². The summed E-state index contributed by atoms with van der Waals surface area (Å²) in [7, 11) is 0. The Balaban J connectivity index is 1.45. The largest absolute Gasteiger partial charge is 0.473 e.